The monoisotopic (exact) mass is 563 g/mol. The molecule has 0 saturated heterocycles. The van der Waals surface area contributed by atoms with Crippen LogP contribution in [0.3, 0.4) is 0 Å². The SMILES string of the molecule is CCC(OC(=O)c1c2c(nc3ccccc13)CCN(C)C2)C(=O)Nc1ccc(S(=O)(=O)Nc2cc(C)on2)cc1. The van der Waals surface area contributed by atoms with Gasteiger partial charge in [-0.1, -0.05) is 30.3 Å². The van der Waals surface area contributed by atoms with Crippen molar-refractivity contribution in [3.63, 3.8) is 0 Å². The third-order valence-corrected chi connectivity index (χ3v) is 8.02. The summed E-state index contributed by atoms with van der Waals surface area (Å²) in [6.07, 6.45) is -0.0959. The van der Waals surface area contributed by atoms with Crippen molar-refractivity contribution in [2.24, 2.45) is 0 Å². The number of hydrogen-bond donors (Lipinski definition) is 2. The van der Waals surface area contributed by atoms with E-state index in [1.165, 1.54) is 30.3 Å². The maximum atomic E-state index is 13.5. The van der Waals surface area contributed by atoms with Gasteiger partial charge in [-0.15, -0.1) is 0 Å². The highest BCUT2D eigenvalue weighted by Gasteiger charge is 2.29. The van der Waals surface area contributed by atoms with Gasteiger partial charge in [-0.05, 0) is 50.7 Å². The Hall–Kier alpha value is -4.29. The first kappa shape index (κ1) is 27.3. The van der Waals surface area contributed by atoms with Crippen LogP contribution in [0.1, 0.15) is 40.7 Å². The minimum Gasteiger partial charge on any atom is -0.449 e. The van der Waals surface area contributed by atoms with Crippen molar-refractivity contribution in [2.75, 3.05) is 23.6 Å². The summed E-state index contributed by atoms with van der Waals surface area (Å²) in [6, 6.07) is 14.5. The second-order valence-electron chi connectivity index (χ2n) is 9.66. The van der Waals surface area contributed by atoms with Crippen LogP contribution in [-0.2, 0) is 32.5 Å². The van der Waals surface area contributed by atoms with Gasteiger partial charge in [-0.3, -0.25) is 14.5 Å². The van der Waals surface area contributed by atoms with E-state index in [-0.39, 0.29) is 17.1 Å². The number of aromatic nitrogens is 2. The standard InChI is InChI=1S/C28H29N5O6S/c1-4-24(27(34)29-18-9-11-19(12-10-18)40(36,37)32-25-15-17(2)39-31-25)38-28(35)26-20-7-5-6-8-22(20)30-23-13-14-33(3)16-21(23)26/h5-12,15,24H,4,13-14,16H2,1-3H3,(H,29,34)(H,31,32). The molecule has 0 radical (unpaired) electrons. The zero-order valence-corrected chi connectivity index (χ0v) is 23.1. The number of anilines is 2. The van der Waals surface area contributed by atoms with Crippen LogP contribution in [0, 0.1) is 6.92 Å². The Kier molecular flexibility index (Phi) is 7.55. The number of sulfonamides is 1. The van der Waals surface area contributed by atoms with E-state index in [1.807, 2.05) is 31.3 Å². The second kappa shape index (κ2) is 11.1. The molecule has 11 nitrogen and oxygen atoms in total. The fraction of sp³-hybridized carbons (Fsp3) is 0.286. The van der Waals surface area contributed by atoms with E-state index in [0.717, 1.165) is 17.8 Å². The van der Waals surface area contributed by atoms with E-state index in [4.69, 9.17) is 14.2 Å². The lowest BCUT2D eigenvalue weighted by Gasteiger charge is -2.27. The first-order valence-corrected chi connectivity index (χ1v) is 14.3. The van der Waals surface area contributed by atoms with Gasteiger partial charge in [0.25, 0.3) is 15.9 Å². The molecule has 0 aliphatic carbocycles. The van der Waals surface area contributed by atoms with E-state index in [1.54, 1.807) is 13.8 Å². The van der Waals surface area contributed by atoms with Gasteiger partial charge in [-0.2, -0.15) is 0 Å². The Morgan fingerprint density at radius 3 is 2.60 bits per heavy atom. The summed E-state index contributed by atoms with van der Waals surface area (Å²) >= 11 is 0. The number of nitrogens with one attached hydrogen (secondary N) is 2. The highest BCUT2D eigenvalue weighted by molar-refractivity contribution is 7.92. The molecule has 208 valence electrons. The molecule has 0 spiro atoms. The van der Waals surface area contributed by atoms with Crippen molar-refractivity contribution >= 4 is 44.3 Å². The molecule has 1 unspecified atom stereocenters. The van der Waals surface area contributed by atoms with Crippen molar-refractivity contribution in [3.8, 4) is 0 Å². The Labute approximate surface area is 231 Å². The number of fused-ring (bicyclic) bond motifs is 2. The molecule has 5 rings (SSSR count). The van der Waals surface area contributed by atoms with Crippen LogP contribution in [0.15, 0.2) is 64.0 Å². The molecule has 2 aromatic heterocycles. The molecule has 4 aromatic rings. The number of para-hydroxylation sites is 1. The van der Waals surface area contributed by atoms with Crippen LogP contribution in [0.25, 0.3) is 10.9 Å². The number of benzene rings is 2. The smallest absolute Gasteiger partial charge is 0.340 e. The summed E-state index contributed by atoms with van der Waals surface area (Å²) in [5.41, 5.74) is 3.17. The van der Waals surface area contributed by atoms with Gasteiger partial charge in [0, 0.05) is 47.9 Å². The highest BCUT2D eigenvalue weighted by atomic mass is 32.2. The predicted octanol–water partition coefficient (Wildman–Crippen LogP) is 3.89. The molecule has 1 aliphatic rings. The predicted molar refractivity (Wildman–Crippen MR) is 148 cm³/mol. The summed E-state index contributed by atoms with van der Waals surface area (Å²) in [5.74, 6) is -0.571. The summed E-state index contributed by atoms with van der Waals surface area (Å²) in [4.78, 5) is 33.5. The van der Waals surface area contributed by atoms with Crippen LogP contribution >= 0.6 is 0 Å². The number of ether oxygens (including phenoxy) is 1. The number of hydrogen-bond acceptors (Lipinski definition) is 9. The van der Waals surface area contributed by atoms with E-state index >= 15 is 0 Å². The van der Waals surface area contributed by atoms with Crippen LogP contribution in [0.2, 0.25) is 0 Å². The quantitative estimate of drug-likeness (QED) is 0.305. The van der Waals surface area contributed by atoms with Gasteiger partial charge < -0.3 is 19.5 Å². The molecule has 12 heteroatoms. The third-order valence-electron chi connectivity index (χ3n) is 6.65. The molecule has 3 heterocycles. The van der Waals surface area contributed by atoms with Crippen molar-refractivity contribution in [1.29, 1.82) is 0 Å². The molecule has 0 bridgehead atoms. The molecule has 40 heavy (non-hydrogen) atoms. The average molecular weight is 564 g/mol. The van der Waals surface area contributed by atoms with Gasteiger partial charge >= 0.3 is 5.97 Å². The summed E-state index contributed by atoms with van der Waals surface area (Å²) in [5, 5.41) is 7.02. The number of carbonyl (C=O) groups excluding carboxylic acids is 2. The van der Waals surface area contributed by atoms with Gasteiger partial charge in [0.2, 0.25) is 0 Å². The normalized spacial score (nSPS) is 14.4. The zero-order valence-electron chi connectivity index (χ0n) is 22.3. The number of amides is 1. The minimum absolute atomic E-state index is 0.0241. The molecule has 1 atom stereocenters. The van der Waals surface area contributed by atoms with E-state index in [0.29, 0.717) is 40.9 Å². The number of carbonyl (C=O) groups is 2. The molecule has 1 aliphatic heterocycles. The molecule has 0 saturated carbocycles. The van der Waals surface area contributed by atoms with E-state index in [9.17, 15) is 18.0 Å². The molecular formula is C28H29N5O6S. The van der Waals surface area contributed by atoms with Crippen molar-refractivity contribution in [3.05, 3.63) is 77.2 Å². The first-order chi connectivity index (χ1) is 19.1. The largest absolute Gasteiger partial charge is 0.449 e. The lowest BCUT2D eigenvalue weighted by atomic mass is 9.96. The number of nitrogens with zero attached hydrogens (tertiary/aromatic N) is 3. The fourth-order valence-electron chi connectivity index (χ4n) is 4.62. The number of aryl methyl sites for hydroxylation is 1. The summed E-state index contributed by atoms with van der Waals surface area (Å²) < 4.78 is 38.2. The maximum absolute atomic E-state index is 13.5. The third kappa shape index (κ3) is 5.68. The number of esters is 1. The van der Waals surface area contributed by atoms with Crippen LogP contribution < -0.4 is 10.0 Å². The van der Waals surface area contributed by atoms with Gasteiger partial charge in [0.15, 0.2) is 11.9 Å². The second-order valence-corrected chi connectivity index (χ2v) is 11.3. The zero-order chi connectivity index (χ0) is 28.4. The van der Waals surface area contributed by atoms with Gasteiger partial charge in [-0.25, -0.2) is 13.2 Å². The first-order valence-electron chi connectivity index (χ1n) is 12.8. The van der Waals surface area contributed by atoms with Gasteiger partial charge in [0.05, 0.1) is 16.0 Å². The maximum Gasteiger partial charge on any atom is 0.340 e. The van der Waals surface area contributed by atoms with Crippen molar-refractivity contribution in [2.45, 2.75) is 44.2 Å². The van der Waals surface area contributed by atoms with Crippen molar-refractivity contribution < 1.29 is 27.3 Å². The van der Waals surface area contributed by atoms with Crippen LogP contribution in [-0.4, -0.2) is 55.0 Å². The fourth-order valence-corrected chi connectivity index (χ4v) is 5.60. The Morgan fingerprint density at radius 2 is 1.90 bits per heavy atom. The molecular weight excluding hydrogens is 534 g/mol. The minimum atomic E-state index is -3.91. The highest BCUT2D eigenvalue weighted by Crippen LogP contribution is 2.29. The molecule has 2 aromatic carbocycles. The van der Waals surface area contributed by atoms with Crippen LogP contribution in [0.5, 0.6) is 0 Å². The summed E-state index contributed by atoms with van der Waals surface area (Å²) in [7, 11) is -1.92. The number of rotatable bonds is 8. The van der Waals surface area contributed by atoms with E-state index < -0.39 is 28.0 Å². The number of pyridine rings is 1. The van der Waals surface area contributed by atoms with E-state index in [2.05, 4.69) is 20.1 Å². The lowest BCUT2D eigenvalue weighted by molar-refractivity contribution is -0.124. The Bertz CT molecular complexity index is 1680. The Balaban J connectivity index is 1.31. The topological polar surface area (TPSA) is 144 Å². The lowest BCUT2D eigenvalue weighted by Crippen LogP contribution is -2.34. The molecule has 1 amide bonds. The number of likely N-dealkylation sites (N-methyl/N-ethyl adjacent to an activating group) is 1. The van der Waals surface area contributed by atoms with Crippen LogP contribution in [0.4, 0.5) is 11.5 Å². The van der Waals surface area contributed by atoms with Gasteiger partial charge in [0.1, 0.15) is 5.76 Å². The molecule has 0 fully saturated rings. The Morgan fingerprint density at radius 1 is 1.15 bits per heavy atom. The van der Waals surface area contributed by atoms with Crippen molar-refractivity contribution in [1.82, 2.24) is 15.0 Å². The molecule has 2 N–H and O–H groups in total. The summed E-state index contributed by atoms with van der Waals surface area (Å²) in [6.45, 7) is 4.79. The average Bonchev–Trinajstić information content (AvgIpc) is 3.34.